The lowest BCUT2D eigenvalue weighted by atomic mass is 9.96. The number of nitrogens with zero attached hydrogens (tertiary/aromatic N) is 1. The highest BCUT2D eigenvalue weighted by Crippen LogP contribution is 2.37. The maximum atomic E-state index is 13.9. The van der Waals surface area contributed by atoms with E-state index in [1.54, 1.807) is 24.3 Å². The number of carbonyl (C=O) groups excluding carboxylic acids is 3. The first kappa shape index (κ1) is 27.8. The molecule has 39 heavy (non-hydrogen) atoms. The minimum atomic E-state index is -1.03. The molecule has 2 N–H and O–H groups in total. The monoisotopic (exact) mass is 533 g/mol. The molecule has 1 aliphatic heterocycles. The number of hydrogen-bond donors (Lipinski definition) is 2. The number of benzene rings is 2. The third-order valence-electron chi connectivity index (χ3n) is 6.14. The van der Waals surface area contributed by atoms with E-state index >= 15 is 0 Å². The lowest BCUT2D eigenvalue weighted by Gasteiger charge is -2.34. The summed E-state index contributed by atoms with van der Waals surface area (Å²) in [7, 11) is 0. The van der Waals surface area contributed by atoms with Crippen molar-refractivity contribution in [1.82, 2.24) is 10.6 Å². The number of furan rings is 1. The van der Waals surface area contributed by atoms with Crippen LogP contribution in [0.4, 0.5) is 5.69 Å². The molecule has 0 saturated heterocycles. The summed E-state index contributed by atoms with van der Waals surface area (Å²) < 4.78 is 16.6. The van der Waals surface area contributed by atoms with Crippen LogP contribution in [0.2, 0.25) is 0 Å². The SMILES string of the molecule is CC(C)c1ccc([C@@H](C(=O)NC(C)(C)C)N(C(=O)CNC(=O)c2ccco2)c2ccc3c(c2)OCCO3)cc1. The van der Waals surface area contributed by atoms with E-state index in [9.17, 15) is 14.4 Å². The van der Waals surface area contributed by atoms with Crippen LogP contribution in [0.15, 0.2) is 65.3 Å². The Balaban J connectivity index is 1.76. The van der Waals surface area contributed by atoms with Gasteiger partial charge in [-0.05, 0) is 62.1 Å². The van der Waals surface area contributed by atoms with E-state index in [0.29, 0.717) is 41.9 Å². The molecule has 206 valence electrons. The highest BCUT2D eigenvalue weighted by atomic mass is 16.6. The van der Waals surface area contributed by atoms with Crippen molar-refractivity contribution in [3.05, 3.63) is 77.7 Å². The van der Waals surface area contributed by atoms with E-state index in [-0.39, 0.29) is 18.2 Å². The average molecular weight is 534 g/mol. The molecule has 3 aromatic rings. The van der Waals surface area contributed by atoms with Crippen LogP contribution in [0, 0.1) is 0 Å². The van der Waals surface area contributed by atoms with Crippen LogP contribution in [0.1, 0.15) is 68.3 Å². The van der Waals surface area contributed by atoms with Crippen molar-refractivity contribution >= 4 is 23.4 Å². The number of ether oxygens (including phenoxy) is 2. The first-order valence-corrected chi connectivity index (χ1v) is 13.0. The van der Waals surface area contributed by atoms with E-state index in [0.717, 1.165) is 5.56 Å². The summed E-state index contributed by atoms with van der Waals surface area (Å²) in [5, 5.41) is 5.62. The molecule has 1 aromatic heterocycles. The van der Waals surface area contributed by atoms with Gasteiger partial charge < -0.3 is 24.5 Å². The van der Waals surface area contributed by atoms with Gasteiger partial charge in [0.2, 0.25) is 11.8 Å². The van der Waals surface area contributed by atoms with Gasteiger partial charge in [-0.15, -0.1) is 0 Å². The van der Waals surface area contributed by atoms with Crippen molar-refractivity contribution in [3.63, 3.8) is 0 Å². The van der Waals surface area contributed by atoms with Crippen molar-refractivity contribution in [1.29, 1.82) is 0 Å². The number of carbonyl (C=O) groups is 3. The van der Waals surface area contributed by atoms with Gasteiger partial charge >= 0.3 is 0 Å². The number of anilines is 1. The highest BCUT2D eigenvalue weighted by Gasteiger charge is 2.35. The second kappa shape index (κ2) is 11.6. The Morgan fingerprint density at radius 3 is 2.21 bits per heavy atom. The van der Waals surface area contributed by atoms with Gasteiger partial charge in [-0.25, -0.2) is 0 Å². The molecule has 0 radical (unpaired) electrons. The summed E-state index contributed by atoms with van der Waals surface area (Å²) in [4.78, 5) is 41.6. The zero-order valence-corrected chi connectivity index (χ0v) is 22.9. The molecule has 1 atom stereocenters. The second-order valence-corrected chi connectivity index (χ2v) is 10.7. The largest absolute Gasteiger partial charge is 0.486 e. The van der Waals surface area contributed by atoms with Crippen LogP contribution in [0.5, 0.6) is 11.5 Å². The molecule has 9 heteroatoms. The fraction of sp³-hybridized carbons (Fsp3) is 0.367. The van der Waals surface area contributed by atoms with Gasteiger partial charge in [0.1, 0.15) is 19.3 Å². The molecule has 0 unspecified atom stereocenters. The second-order valence-electron chi connectivity index (χ2n) is 10.7. The molecule has 1 aliphatic rings. The zero-order chi connectivity index (χ0) is 28.2. The molecule has 4 rings (SSSR count). The van der Waals surface area contributed by atoms with Gasteiger partial charge in [-0.3, -0.25) is 19.3 Å². The Bertz CT molecular complexity index is 1310. The smallest absolute Gasteiger partial charge is 0.287 e. The third kappa shape index (κ3) is 6.79. The number of nitrogens with one attached hydrogen (secondary N) is 2. The minimum absolute atomic E-state index is 0.0833. The molecule has 0 aliphatic carbocycles. The van der Waals surface area contributed by atoms with Crippen LogP contribution in [-0.2, 0) is 9.59 Å². The Labute approximate surface area is 228 Å². The number of fused-ring (bicyclic) bond motifs is 1. The normalized spacial score (nSPS) is 13.5. The predicted octanol–water partition coefficient (Wildman–Crippen LogP) is 4.59. The lowest BCUT2D eigenvalue weighted by molar-refractivity contribution is -0.127. The molecule has 3 amide bonds. The molecule has 9 nitrogen and oxygen atoms in total. The first-order chi connectivity index (χ1) is 18.5. The van der Waals surface area contributed by atoms with E-state index in [4.69, 9.17) is 13.9 Å². The Morgan fingerprint density at radius 1 is 0.923 bits per heavy atom. The standard InChI is InChI=1S/C30H35N3O6/c1-19(2)20-8-10-21(11-9-20)27(29(36)32-30(3,4)5)33(22-12-13-23-25(17-22)39-16-15-38-23)26(34)18-31-28(35)24-7-6-14-37-24/h6-14,17,19,27H,15-16,18H2,1-5H3,(H,31,35)(H,32,36)/t27-/m0/s1. The van der Waals surface area contributed by atoms with Gasteiger partial charge in [0.25, 0.3) is 5.91 Å². The molecule has 0 fully saturated rings. The van der Waals surface area contributed by atoms with Gasteiger partial charge in [0.05, 0.1) is 12.8 Å². The van der Waals surface area contributed by atoms with Crippen LogP contribution >= 0.6 is 0 Å². The van der Waals surface area contributed by atoms with Crippen molar-refractivity contribution < 1.29 is 28.3 Å². The van der Waals surface area contributed by atoms with Gasteiger partial charge in [-0.2, -0.15) is 0 Å². The molecular formula is C30H35N3O6. The quantitative estimate of drug-likeness (QED) is 0.438. The van der Waals surface area contributed by atoms with E-state index in [1.165, 1.54) is 17.2 Å². The summed E-state index contributed by atoms with van der Waals surface area (Å²) in [5.74, 6) is 0.0245. The van der Waals surface area contributed by atoms with Gasteiger partial charge in [0.15, 0.2) is 17.3 Å². The fourth-order valence-corrected chi connectivity index (χ4v) is 4.27. The summed E-state index contributed by atoms with van der Waals surface area (Å²) in [6.07, 6.45) is 1.38. The Hall–Kier alpha value is -4.27. The number of amides is 3. The Kier molecular flexibility index (Phi) is 8.28. The summed E-state index contributed by atoms with van der Waals surface area (Å²) in [5.41, 5.74) is 1.61. The first-order valence-electron chi connectivity index (χ1n) is 13.0. The van der Waals surface area contributed by atoms with Crippen molar-refractivity contribution in [2.24, 2.45) is 0 Å². The fourth-order valence-electron chi connectivity index (χ4n) is 4.27. The highest BCUT2D eigenvalue weighted by molar-refractivity contribution is 6.04. The molecule has 2 aromatic carbocycles. The molecule has 0 bridgehead atoms. The Morgan fingerprint density at radius 2 is 1.59 bits per heavy atom. The number of hydrogen-bond acceptors (Lipinski definition) is 6. The maximum absolute atomic E-state index is 13.9. The molecular weight excluding hydrogens is 498 g/mol. The van der Waals surface area contributed by atoms with Crippen molar-refractivity contribution in [2.45, 2.75) is 52.1 Å². The minimum Gasteiger partial charge on any atom is -0.486 e. The number of rotatable bonds is 8. The zero-order valence-electron chi connectivity index (χ0n) is 22.9. The summed E-state index contributed by atoms with van der Waals surface area (Å²) >= 11 is 0. The van der Waals surface area contributed by atoms with Crippen molar-refractivity contribution in [3.8, 4) is 11.5 Å². The lowest BCUT2D eigenvalue weighted by Crippen LogP contribution is -2.51. The topological polar surface area (TPSA) is 110 Å². The maximum Gasteiger partial charge on any atom is 0.287 e. The van der Waals surface area contributed by atoms with E-state index < -0.39 is 23.4 Å². The average Bonchev–Trinajstić information content (AvgIpc) is 3.44. The van der Waals surface area contributed by atoms with E-state index in [2.05, 4.69) is 24.5 Å². The molecule has 0 saturated carbocycles. The van der Waals surface area contributed by atoms with Crippen molar-refractivity contribution in [2.75, 3.05) is 24.7 Å². The third-order valence-corrected chi connectivity index (χ3v) is 6.14. The van der Waals surface area contributed by atoms with E-state index in [1.807, 2.05) is 45.0 Å². The van der Waals surface area contributed by atoms with Gasteiger partial charge in [-0.1, -0.05) is 38.1 Å². The summed E-state index contributed by atoms with van der Waals surface area (Å²) in [6.45, 7) is 10.2. The van der Waals surface area contributed by atoms with Crippen LogP contribution in [-0.4, -0.2) is 43.0 Å². The van der Waals surface area contributed by atoms with Crippen LogP contribution in [0.3, 0.4) is 0 Å². The van der Waals surface area contributed by atoms with Gasteiger partial charge in [0, 0.05) is 17.3 Å². The predicted molar refractivity (Wildman–Crippen MR) is 147 cm³/mol. The van der Waals surface area contributed by atoms with Crippen LogP contribution < -0.4 is 25.0 Å². The van der Waals surface area contributed by atoms with Crippen LogP contribution in [0.25, 0.3) is 0 Å². The molecule has 0 spiro atoms. The summed E-state index contributed by atoms with van der Waals surface area (Å²) in [6, 6.07) is 14.8. The molecule has 2 heterocycles.